The quantitative estimate of drug-likeness (QED) is 0.535. The Morgan fingerprint density at radius 2 is 1.71 bits per heavy atom. The predicted octanol–water partition coefficient (Wildman–Crippen LogP) is 3.33. The van der Waals surface area contributed by atoms with E-state index in [4.69, 9.17) is 0 Å². The molecule has 0 amide bonds. The summed E-state index contributed by atoms with van der Waals surface area (Å²) in [5.41, 5.74) is 4.56. The molecule has 0 radical (unpaired) electrons. The first-order valence-corrected chi connectivity index (χ1v) is 7.09. The van der Waals surface area contributed by atoms with E-state index >= 15 is 0 Å². The minimum Gasteiger partial charge on any atom is -0.361 e. The van der Waals surface area contributed by atoms with E-state index in [0.29, 0.717) is 0 Å². The lowest BCUT2D eigenvalue weighted by atomic mass is 10.2. The molecule has 0 aliphatic carbocycles. The van der Waals surface area contributed by atoms with E-state index < -0.39 is 0 Å². The van der Waals surface area contributed by atoms with Crippen LogP contribution in [0.5, 0.6) is 0 Å². The van der Waals surface area contributed by atoms with Gasteiger partial charge in [0.15, 0.2) is 0 Å². The maximum atomic E-state index is 4.57. The molecular formula is C17H16N4. The van der Waals surface area contributed by atoms with Crippen LogP contribution < -0.4 is 5.32 Å². The van der Waals surface area contributed by atoms with Crippen LogP contribution in [0.2, 0.25) is 0 Å². The van der Waals surface area contributed by atoms with Gasteiger partial charge in [-0.2, -0.15) is 0 Å². The fourth-order valence-electron chi connectivity index (χ4n) is 2.68. The van der Waals surface area contributed by atoms with E-state index in [2.05, 4.69) is 44.7 Å². The molecule has 3 N–H and O–H groups in total. The summed E-state index contributed by atoms with van der Waals surface area (Å²) in [5, 5.41) is 4.72. The Morgan fingerprint density at radius 1 is 0.905 bits per heavy atom. The number of aromatic amines is 2. The van der Waals surface area contributed by atoms with Crippen LogP contribution in [0.4, 0.5) is 0 Å². The Labute approximate surface area is 122 Å². The first-order chi connectivity index (χ1) is 10.4. The number of para-hydroxylation sites is 3. The number of benzene rings is 2. The van der Waals surface area contributed by atoms with Crippen molar-refractivity contribution >= 4 is 21.9 Å². The van der Waals surface area contributed by atoms with E-state index in [1.54, 1.807) is 0 Å². The SMILES string of the molecule is c1ccc2[nH]c(CNCc3c[nH]c4ccccc34)nc2c1. The Hall–Kier alpha value is -2.59. The molecule has 2 aromatic heterocycles. The molecule has 4 heteroatoms. The molecule has 4 aromatic rings. The van der Waals surface area contributed by atoms with Crippen molar-refractivity contribution in [1.29, 1.82) is 0 Å². The van der Waals surface area contributed by atoms with Gasteiger partial charge in [0.2, 0.25) is 0 Å². The first-order valence-electron chi connectivity index (χ1n) is 7.09. The van der Waals surface area contributed by atoms with Crippen molar-refractivity contribution in [2.24, 2.45) is 0 Å². The highest BCUT2D eigenvalue weighted by Crippen LogP contribution is 2.17. The molecule has 104 valence electrons. The number of hydrogen-bond acceptors (Lipinski definition) is 2. The van der Waals surface area contributed by atoms with Gasteiger partial charge in [-0.25, -0.2) is 4.98 Å². The van der Waals surface area contributed by atoms with Crippen molar-refractivity contribution in [2.75, 3.05) is 0 Å². The zero-order valence-electron chi connectivity index (χ0n) is 11.6. The fraction of sp³-hybridized carbons (Fsp3) is 0.118. The number of nitrogens with zero attached hydrogens (tertiary/aromatic N) is 1. The van der Waals surface area contributed by atoms with Crippen molar-refractivity contribution in [2.45, 2.75) is 13.1 Å². The molecule has 0 spiro atoms. The lowest BCUT2D eigenvalue weighted by Crippen LogP contribution is -2.13. The molecule has 4 nitrogen and oxygen atoms in total. The van der Waals surface area contributed by atoms with Crippen molar-refractivity contribution in [3.8, 4) is 0 Å². The van der Waals surface area contributed by atoms with E-state index in [9.17, 15) is 0 Å². The molecule has 0 fully saturated rings. The summed E-state index contributed by atoms with van der Waals surface area (Å²) < 4.78 is 0. The minimum atomic E-state index is 0.730. The zero-order chi connectivity index (χ0) is 14.1. The lowest BCUT2D eigenvalue weighted by molar-refractivity contribution is 0.673. The third-order valence-electron chi connectivity index (χ3n) is 3.72. The van der Waals surface area contributed by atoms with Crippen LogP contribution in [0.25, 0.3) is 21.9 Å². The molecule has 2 heterocycles. The van der Waals surface area contributed by atoms with Crippen molar-refractivity contribution in [3.05, 3.63) is 66.1 Å². The molecule has 0 unspecified atom stereocenters. The van der Waals surface area contributed by atoms with Crippen LogP contribution in [0.1, 0.15) is 11.4 Å². The summed E-state index contributed by atoms with van der Waals surface area (Å²) in [6.07, 6.45) is 2.07. The Morgan fingerprint density at radius 3 is 2.62 bits per heavy atom. The molecule has 0 bridgehead atoms. The van der Waals surface area contributed by atoms with E-state index in [-0.39, 0.29) is 0 Å². The highest BCUT2D eigenvalue weighted by atomic mass is 15.0. The summed E-state index contributed by atoms with van der Waals surface area (Å²) >= 11 is 0. The second-order valence-corrected chi connectivity index (χ2v) is 5.16. The van der Waals surface area contributed by atoms with Crippen LogP contribution in [-0.2, 0) is 13.1 Å². The standard InChI is InChI=1S/C17H16N4/c1-2-6-14-13(5-1)12(10-19-14)9-18-11-17-20-15-7-3-4-8-16(15)21-17/h1-8,10,18-19H,9,11H2,(H,20,21). The van der Waals surface area contributed by atoms with Crippen molar-refractivity contribution < 1.29 is 0 Å². The third-order valence-corrected chi connectivity index (χ3v) is 3.72. The van der Waals surface area contributed by atoms with Gasteiger partial charge in [-0.15, -0.1) is 0 Å². The Bertz CT molecular complexity index is 855. The van der Waals surface area contributed by atoms with Gasteiger partial charge in [-0.1, -0.05) is 30.3 Å². The molecule has 21 heavy (non-hydrogen) atoms. The number of imidazole rings is 1. The monoisotopic (exact) mass is 276 g/mol. The maximum absolute atomic E-state index is 4.57. The molecule has 0 saturated carbocycles. The summed E-state index contributed by atoms with van der Waals surface area (Å²) in [7, 11) is 0. The van der Waals surface area contributed by atoms with Crippen LogP contribution in [0.15, 0.2) is 54.7 Å². The summed E-state index contributed by atoms with van der Waals surface area (Å²) in [6, 6.07) is 16.4. The van der Waals surface area contributed by atoms with E-state index in [0.717, 1.165) is 29.9 Å². The van der Waals surface area contributed by atoms with Gasteiger partial charge in [0.1, 0.15) is 5.82 Å². The number of nitrogens with one attached hydrogen (secondary N) is 3. The lowest BCUT2D eigenvalue weighted by Gasteiger charge is -2.01. The first kappa shape index (κ1) is 12.2. The van der Waals surface area contributed by atoms with Crippen molar-refractivity contribution in [3.63, 3.8) is 0 Å². The topological polar surface area (TPSA) is 56.5 Å². The number of hydrogen-bond donors (Lipinski definition) is 3. The van der Waals surface area contributed by atoms with Gasteiger partial charge in [-0.05, 0) is 23.8 Å². The van der Waals surface area contributed by atoms with Crippen LogP contribution in [0, 0.1) is 0 Å². The third kappa shape index (κ3) is 2.30. The molecule has 4 rings (SSSR count). The summed E-state index contributed by atoms with van der Waals surface area (Å²) in [4.78, 5) is 11.2. The average Bonchev–Trinajstić information content (AvgIpc) is 3.11. The highest BCUT2D eigenvalue weighted by Gasteiger charge is 2.04. The zero-order valence-corrected chi connectivity index (χ0v) is 11.6. The predicted molar refractivity (Wildman–Crippen MR) is 84.9 cm³/mol. The van der Waals surface area contributed by atoms with Gasteiger partial charge in [0, 0.05) is 23.6 Å². The molecule has 0 aliphatic rings. The molecule has 0 aliphatic heterocycles. The average molecular weight is 276 g/mol. The van der Waals surface area contributed by atoms with Gasteiger partial charge in [0.05, 0.1) is 17.6 Å². The van der Waals surface area contributed by atoms with Gasteiger partial charge < -0.3 is 15.3 Å². The van der Waals surface area contributed by atoms with Crippen LogP contribution >= 0.6 is 0 Å². The number of fused-ring (bicyclic) bond motifs is 2. The van der Waals surface area contributed by atoms with E-state index in [1.807, 2.05) is 30.3 Å². The molecular weight excluding hydrogens is 260 g/mol. The van der Waals surface area contributed by atoms with Gasteiger partial charge in [-0.3, -0.25) is 0 Å². The minimum absolute atomic E-state index is 0.730. The smallest absolute Gasteiger partial charge is 0.121 e. The van der Waals surface area contributed by atoms with Gasteiger partial charge >= 0.3 is 0 Å². The summed E-state index contributed by atoms with van der Waals surface area (Å²) in [5.74, 6) is 0.969. The molecule has 2 aromatic carbocycles. The van der Waals surface area contributed by atoms with Crippen LogP contribution in [-0.4, -0.2) is 15.0 Å². The fourth-order valence-corrected chi connectivity index (χ4v) is 2.68. The Balaban J connectivity index is 1.47. The molecule has 0 saturated heterocycles. The summed E-state index contributed by atoms with van der Waals surface area (Å²) in [6.45, 7) is 1.55. The normalized spacial score (nSPS) is 11.4. The van der Waals surface area contributed by atoms with Crippen LogP contribution in [0.3, 0.4) is 0 Å². The van der Waals surface area contributed by atoms with Gasteiger partial charge in [0.25, 0.3) is 0 Å². The number of aromatic nitrogens is 3. The molecule has 0 atom stereocenters. The Kier molecular flexibility index (Phi) is 2.94. The maximum Gasteiger partial charge on any atom is 0.121 e. The second-order valence-electron chi connectivity index (χ2n) is 5.16. The highest BCUT2D eigenvalue weighted by molar-refractivity contribution is 5.83. The second kappa shape index (κ2) is 5.07. The van der Waals surface area contributed by atoms with Crippen molar-refractivity contribution in [1.82, 2.24) is 20.3 Å². The van der Waals surface area contributed by atoms with E-state index in [1.165, 1.54) is 16.5 Å². The number of rotatable bonds is 4. The number of H-pyrrole nitrogens is 2. The largest absolute Gasteiger partial charge is 0.361 e.